The summed E-state index contributed by atoms with van der Waals surface area (Å²) >= 11 is 0. The first kappa shape index (κ1) is 27.2. The maximum atomic E-state index is 12.9. The number of alkyl carbamates (subject to hydrolysis) is 1. The SMILES string of the molecule is COCCOc1ccc2c(c1)CCN(C(=NCCNC(=O)OC(C)(C)C)NC(=O)C(F)(F)F)C2. The first-order chi connectivity index (χ1) is 15.9. The van der Waals surface area contributed by atoms with Crippen LogP contribution in [0.3, 0.4) is 0 Å². The largest absolute Gasteiger partial charge is 0.491 e. The van der Waals surface area contributed by atoms with E-state index in [9.17, 15) is 22.8 Å². The zero-order chi connectivity index (χ0) is 25.4. The van der Waals surface area contributed by atoms with Gasteiger partial charge in [0.05, 0.1) is 13.2 Å². The molecular weight excluding hydrogens is 457 g/mol. The monoisotopic (exact) mass is 488 g/mol. The van der Waals surface area contributed by atoms with Crippen molar-refractivity contribution in [3.8, 4) is 5.75 Å². The number of hydrogen-bond donors (Lipinski definition) is 2. The van der Waals surface area contributed by atoms with Crippen molar-refractivity contribution in [3.63, 3.8) is 0 Å². The van der Waals surface area contributed by atoms with Crippen LogP contribution in [0.1, 0.15) is 31.9 Å². The van der Waals surface area contributed by atoms with Crippen molar-refractivity contribution in [2.24, 2.45) is 4.99 Å². The molecule has 0 radical (unpaired) electrons. The van der Waals surface area contributed by atoms with Crippen molar-refractivity contribution in [1.29, 1.82) is 0 Å². The molecule has 0 atom stereocenters. The van der Waals surface area contributed by atoms with Crippen LogP contribution in [0.25, 0.3) is 0 Å². The average Bonchev–Trinajstić information content (AvgIpc) is 2.73. The molecule has 1 aromatic rings. The summed E-state index contributed by atoms with van der Waals surface area (Å²) in [4.78, 5) is 29.0. The third-order valence-electron chi connectivity index (χ3n) is 4.57. The number of nitrogens with zero attached hydrogens (tertiary/aromatic N) is 2. The summed E-state index contributed by atoms with van der Waals surface area (Å²) in [6.45, 7) is 6.53. The number of carbonyl (C=O) groups is 2. The van der Waals surface area contributed by atoms with Gasteiger partial charge in [0.2, 0.25) is 5.96 Å². The Hall–Kier alpha value is -3.02. The van der Waals surface area contributed by atoms with Crippen LogP contribution in [-0.4, -0.2) is 74.6 Å². The van der Waals surface area contributed by atoms with Gasteiger partial charge in [0.25, 0.3) is 0 Å². The number of fused-ring (bicyclic) bond motifs is 1. The summed E-state index contributed by atoms with van der Waals surface area (Å²) in [6.07, 6.45) is -5.20. The molecule has 2 N–H and O–H groups in total. The van der Waals surface area contributed by atoms with Gasteiger partial charge >= 0.3 is 18.2 Å². The van der Waals surface area contributed by atoms with Gasteiger partial charge in [0.15, 0.2) is 0 Å². The Kier molecular flexibility index (Phi) is 9.54. The van der Waals surface area contributed by atoms with Crippen LogP contribution in [-0.2, 0) is 27.2 Å². The molecule has 1 aliphatic rings. The van der Waals surface area contributed by atoms with Crippen LogP contribution >= 0.6 is 0 Å². The first-order valence-electron chi connectivity index (χ1n) is 10.8. The molecule has 1 aromatic carbocycles. The Labute approximate surface area is 196 Å². The van der Waals surface area contributed by atoms with Crippen molar-refractivity contribution in [1.82, 2.24) is 15.5 Å². The molecule has 34 heavy (non-hydrogen) atoms. The number of aliphatic imine (C=N–C) groups is 1. The van der Waals surface area contributed by atoms with E-state index in [1.54, 1.807) is 38.8 Å². The zero-order valence-electron chi connectivity index (χ0n) is 19.8. The van der Waals surface area contributed by atoms with Gasteiger partial charge in [0, 0.05) is 26.7 Å². The molecule has 1 aliphatic heterocycles. The van der Waals surface area contributed by atoms with Gasteiger partial charge in [-0.05, 0) is 50.5 Å². The number of carbonyl (C=O) groups excluding carboxylic acids is 2. The third kappa shape index (κ3) is 9.08. The van der Waals surface area contributed by atoms with Gasteiger partial charge in [-0.15, -0.1) is 0 Å². The molecule has 2 rings (SSSR count). The highest BCUT2D eigenvalue weighted by Gasteiger charge is 2.40. The fraction of sp³-hybridized carbons (Fsp3) is 0.591. The lowest BCUT2D eigenvalue weighted by Gasteiger charge is -2.32. The summed E-state index contributed by atoms with van der Waals surface area (Å²) in [7, 11) is 1.58. The minimum absolute atomic E-state index is 0.0207. The van der Waals surface area contributed by atoms with Crippen LogP contribution in [0.5, 0.6) is 5.75 Å². The topological polar surface area (TPSA) is 101 Å². The van der Waals surface area contributed by atoms with Crippen LogP contribution < -0.4 is 15.4 Å². The first-order valence-corrected chi connectivity index (χ1v) is 10.8. The predicted octanol–water partition coefficient (Wildman–Crippen LogP) is 2.63. The van der Waals surface area contributed by atoms with Gasteiger partial charge < -0.3 is 24.4 Å². The quantitative estimate of drug-likeness (QED) is 0.348. The minimum Gasteiger partial charge on any atom is -0.491 e. The summed E-state index contributed by atoms with van der Waals surface area (Å²) in [5.41, 5.74) is 1.19. The number of nitrogens with one attached hydrogen (secondary N) is 2. The number of rotatable bonds is 7. The van der Waals surface area contributed by atoms with Crippen molar-refractivity contribution >= 4 is 18.0 Å². The highest BCUT2D eigenvalue weighted by molar-refractivity contribution is 5.99. The van der Waals surface area contributed by atoms with E-state index < -0.39 is 23.8 Å². The lowest BCUT2D eigenvalue weighted by molar-refractivity contribution is -0.172. The second-order valence-corrected chi connectivity index (χ2v) is 8.53. The van der Waals surface area contributed by atoms with Gasteiger partial charge in [-0.25, -0.2) is 4.79 Å². The summed E-state index contributed by atoms with van der Waals surface area (Å²) in [6, 6.07) is 5.49. The summed E-state index contributed by atoms with van der Waals surface area (Å²) in [5, 5.41) is 4.34. The van der Waals surface area contributed by atoms with Gasteiger partial charge in [-0.3, -0.25) is 15.1 Å². The third-order valence-corrected chi connectivity index (χ3v) is 4.57. The maximum Gasteiger partial charge on any atom is 0.471 e. The Balaban J connectivity index is 2.07. The Morgan fingerprint density at radius 3 is 2.53 bits per heavy atom. The van der Waals surface area contributed by atoms with Crippen molar-refractivity contribution in [3.05, 3.63) is 29.3 Å². The summed E-state index contributed by atoms with van der Waals surface area (Å²) in [5.74, 6) is -1.64. The number of alkyl halides is 3. The van der Waals surface area contributed by atoms with Crippen LogP contribution in [0.4, 0.5) is 18.0 Å². The molecule has 0 saturated heterocycles. The van der Waals surface area contributed by atoms with E-state index in [1.807, 2.05) is 17.4 Å². The molecule has 0 saturated carbocycles. The highest BCUT2D eigenvalue weighted by atomic mass is 19.4. The fourth-order valence-corrected chi connectivity index (χ4v) is 3.07. The number of halogens is 3. The van der Waals surface area contributed by atoms with E-state index in [2.05, 4.69) is 10.3 Å². The number of ether oxygens (including phenoxy) is 3. The summed E-state index contributed by atoms with van der Waals surface area (Å²) < 4.78 is 54.2. The lowest BCUT2D eigenvalue weighted by atomic mass is 9.99. The molecule has 0 fully saturated rings. The molecule has 0 aromatic heterocycles. The minimum atomic E-state index is -5.06. The molecule has 0 aliphatic carbocycles. The van der Waals surface area contributed by atoms with Crippen LogP contribution in [0.2, 0.25) is 0 Å². The molecule has 9 nitrogen and oxygen atoms in total. The maximum absolute atomic E-state index is 12.9. The smallest absolute Gasteiger partial charge is 0.471 e. The van der Waals surface area contributed by atoms with Crippen molar-refractivity contribution < 1.29 is 37.0 Å². The van der Waals surface area contributed by atoms with Crippen LogP contribution in [0, 0.1) is 0 Å². The second-order valence-electron chi connectivity index (χ2n) is 8.53. The molecule has 2 amide bonds. The fourth-order valence-electron chi connectivity index (χ4n) is 3.07. The number of amides is 2. The molecule has 0 unspecified atom stereocenters. The zero-order valence-corrected chi connectivity index (χ0v) is 19.8. The molecule has 190 valence electrons. The van der Waals surface area contributed by atoms with Gasteiger partial charge in [0.1, 0.15) is 18.0 Å². The number of guanidine groups is 1. The predicted molar refractivity (Wildman–Crippen MR) is 119 cm³/mol. The Bertz CT molecular complexity index is 884. The highest BCUT2D eigenvalue weighted by Crippen LogP contribution is 2.24. The average molecular weight is 489 g/mol. The van der Waals surface area contributed by atoms with E-state index in [-0.39, 0.29) is 25.6 Å². The second kappa shape index (κ2) is 11.9. The van der Waals surface area contributed by atoms with Gasteiger partial charge in [-0.1, -0.05) is 6.07 Å². The number of hydrogen-bond acceptors (Lipinski definition) is 6. The van der Waals surface area contributed by atoms with Gasteiger partial charge in [-0.2, -0.15) is 13.2 Å². The molecule has 0 spiro atoms. The molecule has 0 bridgehead atoms. The molecular formula is C22H31F3N4O5. The van der Waals surface area contributed by atoms with E-state index in [4.69, 9.17) is 14.2 Å². The van der Waals surface area contributed by atoms with Crippen LogP contribution in [0.15, 0.2) is 23.2 Å². The lowest BCUT2D eigenvalue weighted by Crippen LogP contribution is -2.50. The normalized spacial score (nSPS) is 14.3. The Morgan fingerprint density at radius 2 is 1.88 bits per heavy atom. The van der Waals surface area contributed by atoms with E-state index in [0.29, 0.717) is 31.9 Å². The van der Waals surface area contributed by atoms with Crippen molar-refractivity contribution in [2.45, 2.75) is 45.5 Å². The van der Waals surface area contributed by atoms with E-state index in [1.165, 1.54) is 0 Å². The number of benzene rings is 1. The molecule has 12 heteroatoms. The van der Waals surface area contributed by atoms with E-state index in [0.717, 1.165) is 11.1 Å². The van der Waals surface area contributed by atoms with E-state index >= 15 is 0 Å². The Morgan fingerprint density at radius 1 is 1.15 bits per heavy atom. The standard InChI is InChI=1S/C22H31F3N4O5/c1-21(2,3)34-20(31)27-9-8-26-19(28-18(30)22(23,24)25)29-10-7-15-13-17(33-12-11-32-4)6-5-16(15)14-29/h5-6,13H,7-12,14H2,1-4H3,(H,27,31)(H,26,28,30). The molecule has 1 heterocycles. The number of methoxy groups -OCH3 is 1. The van der Waals surface area contributed by atoms with Crippen molar-refractivity contribution in [2.75, 3.05) is 40.0 Å².